The Balaban J connectivity index is 2.31. The van der Waals surface area contributed by atoms with Crippen LogP contribution in [0, 0.1) is 6.92 Å². The highest BCUT2D eigenvalue weighted by atomic mass is 79.9. The summed E-state index contributed by atoms with van der Waals surface area (Å²) < 4.78 is 6.25. The second kappa shape index (κ2) is 6.61. The summed E-state index contributed by atoms with van der Waals surface area (Å²) in [5.41, 5.74) is 9.68. The van der Waals surface area contributed by atoms with Gasteiger partial charge in [-0.05, 0) is 47.0 Å². The third-order valence-electron chi connectivity index (χ3n) is 3.18. The maximum Gasteiger partial charge on any atom is 0.137 e. The number of rotatable bonds is 4. The van der Waals surface area contributed by atoms with Crippen molar-refractivity contribution in [2.45, 2.75) is 19.4 Å². The topological polar surface area (TPSA) is 35.2 Å². The third-order valence-corrected chi connectivity index (χ3v) is 3.99. The van der Waals surface area contributed by atoms with E-state index in [-0.39, 0.29) is 6.04 Å². The molecular formula is C16H17BrClNO. The monoisotopic (exact) mass is 353 g/mol. The summed E-state index contributed by atoms with van der Waals surface area (Å²) in [7, 11) is 1.64. The highest BCUT2D eigenvalue weighted by molar-refractivity contribution is 9.10. The number of hydrogen-bond donors (Lipinski definition) is 1. The molecule has 1 unspecified atom stereocenters. The van der Waals surface area contributed by atoms with Crippen LogP contribution < -0.4 is 10.5 Å². The van der Waals surface area contributed by atoms with Crippen molar-refractivity contribution >= 4 is 27.5 Å². The fourth-order valence-electron chi connectivity index (χ4n) is 2.27. The van der Waals surface area contributed by atoms with Crippen LogP contribution in [0.15, 0.2) is 40.9 Å². The number of aryl methyl sites for hydroxylation is 1. The molecule has 0 aliphatic rings. The van der Waals surface area contributed by atoms with Crippen LogP contribution in [-0.4, -0.2) is 7.11 Å². The normalized spacial score (nSPS) is 12.2. The summed E-state index contributed by atoms with van der Waals surface area (Å²) in [6, 6.07) is 11.9. The fraction of sp³-hybridized carbons (Fsp3) is 0.250. The Labute approximate surface area is 133 Å². The van der Waals surface area contributed by atoms with Crippen molar-refractivity contribution < 1.29 is 4.74 Å². The summed E-state index contributed by atoms with van der Waals surface area (Å²) >= 11 is 9.57. The van der Waals surface area contributed by atoms with E-state index in [0.717, 1.165) is 22.2 Å². The first-order valence-corrected chi connectivity index (χ1v) is 7.52. The van der Waals surface area contributed by atoms with E-state index in [1.54, 1.807) is 7.11 Å². The number of ether oxygens (including phenoxy) is 1. The van der Waals surface area contributed by atoms with Crippen molar-refractivity contribution in [2.24, 2.45) is 5.73 Å². The number of halogens is 2. The first kappa shape index (κ1) is 15.4. The Morgan fingerprint density at radius 2 is 2.05 bits per heavy atom. The van der Waals surface area contributed by atoms with Crippen molar-refractivity contribution in [3.05, 3.63) is 62.6 Å². The SMILES string of the molecule is COc1c(Br)cc(Cl)cc1C(N)Cc1cccc(C)c1. The fourth-order valence-corrected chi connectivity index (χ4v) is 3.27. The van der Waals surface area contributed by atoms with Crippen LogP contribution in [0.4, 0.5) is 0 Å². The highest BCUT2D eigenvalue weighted by Gasteiger charge is 2.16. The van der Waals surface area contributed by atoms with Gasteiger partial charge in [0.15, 0.2) is 0 Å². The standard InChI is InChI=1S/C16H17BrClNO/c1-10-4-3-5-11(6-10)7-15(19)13-8-12(18)9-14(17)16(13)20-2/h3-6,8-9,15H,7,19H2,1-2H3. The van der Waals surface area contributed by atoms with Gasteiger partial charge in [-0.2, -0.15) is 0 Å². The molecule has 4 heteroatoms. The molecule has 0 bridgehead atoms. The molecule has 0 saturated heterocycles. The van der Waals surface area contributed by atoms with E-state index in [0.29, 0.717) is 5.02 Å². The van der Waals surface area contributed by atoms with E-state index in [4.69, 9.17) is 22.1 Å². The van der Waals surface area contributed by atoms with Crippen LogP contribution in [0.1, 0.15) is 22.7 Å². The lowest BCUT2D eigenvalue weighted by atomic mass is 9.98. The summed E-state index contributed by atoms with van der Waals surface area (Å²) in [4.78, 5) is 0. The van der Waals surface area contributed by atoms with Crippen LogP contribution in [0.25, 0.3) is 0 Å². The molecular weight excluding hydrogens is 338 g/mol. The van der Waals surface area contributed by atoms with Gasteiger partial charge in [0.25, 0.3) is 0 Å². The minimum atomic E-state index is -0.165. The number of benzene rings is 2. The summed E-state index contributed by atoms with van der Waals surface area (Å²) in [6.07, 6.45) is 0.741. The predicted molar refractivity (Wildman–Crippen MR) is 87.5 cm³/mol. The Bertz CT molecular complexity index is 615. The molecule has 2 N–H and O–H groups in total. The molecule has 0 saturated carbocycles. The maximum absolute atomic E-state index is 6.33. The lowest BCUT2D eigenvalue weighted by Gasteiger charge is -2.17. The molecule has 2 nitrogen and oxygen atoms in total. The Hall–Kier alpha value is -1.03. The minimum Gasteiger partial charge on any atom is -0.495 e. The zero-order valence-electron chi connectivity index (χ0n) is 11.5. The maximum atomic E-state index is 6.33. The first-order valence-electron chi connectivity index (χ1n) is 6.35. The van der Waals surface area contributed by atoms with Crippen LogP contribution in [0.3, 0.4) is 0 Å². The van der Waals surface area contributed by atoms with Gasteiger partial charge in [-0.3, -0.25) is 0 Å². The number of hydrogen-bond acceptors (Lipinski definition) is 2. The van der Waals surface area contributed by atoms with E-state index in [2.05, 4.69) is 41.1 Å². The lowest BCUT2D eigenvalue weighted by molar-refractivity contribution is 0.403. The zero-order chi connectivity index (χ0) is 14.7. The van der Waals surface area contributed by atoms with Gasteiger partial charge in [0.1, 0.15) is 5.75 Å². The van der Waals surface area contributed by atoms with Gasteiger partial charge in [0.05, 0.1) is 11.6 Å². The molecule has 106 valence electrons. The Kier molecular flexibility index (Phi) is 5.08. The quantitative estimate of drug-likeness (QED) is 0.866. The molecule has 0 aliphatic carbocycles. The van der Waals surface area contributed by atoms with E-state index in [1.165, 1.54) is 11.1 Å². The second-order valence-electron chi connectivity index (χ2n) is 4.81. The van der Waals surface area contributed by atoms with Crippen molar-refractivity contribution in [3.63, 3.8) is 0 Å². The Morgan fingerprint density at radius 1 is 1.30 bits per heavy atom. The molecule has 2 aromatic rings. The van der Waals surface area contributed by atoms with Crippen molar-refractivity contribution in [1.82, 2.24) is 0 Å². The van der Waals surface area contributed by atoms with Gasteiger partial charge < -0.3 is 10.5 Å². The van der Waals surface area contributed by atoms with Gasteiger partial charge in [-0.15, -0.1) is 0 Å². The van der Waals surface area contributed by atoms with Gasteiger partial charge in [-0.25, -0.2) is 0 Å². The molecule has 0 radical (unpaired) electrons. The molecule has 20 heavy (non-hydrogen) atoms. The molecule has 2 aromatic carbocycles. The average molecular weight is 355 g/mol. The van der Waals surface area contributed by atoms with Gasteiger partial charge in [0, 0.05) is 16.6 Å². The van der Waals surface area contributed by atoms with Crippen LogP contribution in [0.2, 0.25) is 5.02 Å². The van der Waals surface area contributed by atoms with Crippen molar-refractivity contribution in [1.29, 1.82) is 0 Å². The molecule has 2 rings (SSSR count). The molecule has 0 fully saturated rings. The molecule has 0 aromatic heterocycles. The van der Waals surface area contributed by atoms with Gasteiger partial charge in [-0.1, -0.05) is 41.4 Å². The van der Waals surface area contributed by atoms with E-state index in [9.17, 15) is 0 Å². The third kappa shape index (κ3) is 3.54. The molecule has 0 aliphatic heterocycles. The molecule has 0 spiro atoms. The summed E-state index contributed by atoms with van der Waals surface area (Å²) in [6.45, 7) is 2.07. The summed E-state index contributed by atoms with van der Waals surface area (Å²) in [5, 5.41) is 0.646. The number of nitrogens with two attached hydrogens (primary N) is 1. The zero-order valence-corrected chi connectivity index (χ0v) is 13.8. The second-order valence-corrected chi connectivity index (χ2v) is 6.10. The lowest BCUT2D eigenvalue weighted by Crippen LogP contribution is -2.15. The van der Waals surface area contributed by atoms with E-state index >= 15 is 0 Å². The van der Waals surface area contributed by atoms with E-state index < -0.39 is 0 Å². The predicted octanol–water partition coefficient (Wildman–Crippen LogP) is 4.66. The molecule has 1 atom stereocenters. The smallest absolute Gasteiger partial charge is 0.137 e. The van der Waals surface area contributed by atoms with Crippen LogP contribution >= 0.6 is 27.5 Å². The molecule has 0 amide bonds. The largest absolute Gasteiger partial charge is 0.495 e. The van der Waals surface area contributed by atoms with Crippen LogP contribution in [0.5, 0.6) is 5.75 Å². The highest BCUT2D eigenvalue weighted by Crippen LogP contribution is 2.36. The van der Waals surface area contributed by atoms with Crippen molar-refractivity contribution in [2.75, 3.05) is 7.11 Å². The summed E-state index contributed by atoms with van der Waals surface area (Å²) in [5.74, 6) is 0.745. The van der Waals surface area contributed by atoms with E-state index in [1.807, 2.05) is 18.2 Å². The first-order chi connectivity index (χ1) is 9.51. The molecule has 0 heterocycles. The van der Waals surface area contributed by atoms with Gasteiger partial charge >= 0.3 is 0 Å². The average Bonchev–Trinajstić information content (AvgIpc) is 2.37. The number of methoxy groups -OCH3 is 1. The van der Waals surface area contributed by atoms with Crippen LogP contribution in [-0.2, 0) is 6.42 Å². The van der Waals surface area contributed by atoms with Gasteiger partial charge in [0.2, 0.25) is 0 Å². The minimum absolute atomic E-state index is 0.165. The van der Waals surface area contributed by atoms with Crippen molar-refractivity contribution in [3.8, 4) is 5.75 Å². The Morgan fingerprint density at radius 3 is 2.70 bits per heavy atom.